The second kappa shape index (κ2) is 5.32. The van der Waals surface area contributed by atoms with Crippen LogP contribution in [0.4, 0.5) is 13.2 Å². The fourth-order valence-corrected chi connectivity index (χ4v) is 1.22. The summed E-state index contributed by atoms with van der Waals surface area (Å²) in [6.07, 6.45) is 0. The largest absolute Gasteiger partial charge is 0.463 e. The van der Waals surface area contributed by atoms with Gasteiger partial charge in [0.1, 0.15) is 16.5 Å². The van der Waals surface area contributed by atoms with Gasteiger partial charge in [-0.15, -0.1) is 0 Å². The van der Waals surface area contributed by atoms with Crippen LogP contribution < -0.4 is 9.47 Å². The van der Waals surface area contributed by atoms with Crippen molar-refractivity contribution in [3.05, 3.63) is 22.2 Å². The zero-order valence-corrected chi connectivity index (χ0v) is 8.66. The van der Waals surface area contributed by atoms with Gasteiger partial charge in [0, 0.05) is 12.1 Å². The highest BCUT2D eigenvalue weighted by molar-refractivity contribution is 6.43. The zero-order valence-electron chi connectivity index (χ0n) is 7.15. The second-order valence-corrected chi connectivity index (χ2v) is 3.13. The topological polar surface area (TPSA) is 18.5 Å². The van der Waals surface area contributed by atoms with E-state index in [2.05, 4.69) is 9.47 Å². The van der Waals surface area contributed by atoms with Crippen molar-refractivity contribution < 1.29 is 22.6 Å². The molecule has 0 atom stereocenters. The fourth-order valence-electron chi connectivity index (χ4n) is 0.868. The highest BCUT2D eigenvalue weighted by Gasteiger charge is 2.13. The van der Waals surface area contributed by atoms with Crippen molar-refractivity contribution in [2.75, 3.05) is 6.86 Å². The average Bonchev–Trinajstić information content (AvgIpc) is 2.13. The molecule has 1 rings (SSSR count). The lowest BCUT2D eigenvalue weighted by Gasteiger charge is -2.10. The molecule has 0 aliphatic rings. The minimum absolute atomic E-state index is 0.0393. The summed E-state index contributed by atoms with van der Waals surface area (Å²) in [6, 6.07) is 2.22. The van der Waals surface area contributed by atoms with E-state index in [0.717, 1.165) is 6.07 Å². The normalized spacial score (nSPS) is 10.5. The minimum Gasteiger partial charge on any atom is -0.463 e. The number of halogens is 5. The standard InChI is InChI=1S/C8H5Cl2F3O2/c9-5-1-4(14-3-11)2-6(7(5)10)15-8(12)13/h1-2,8H,3H2. The molecule has 0 bridgehead atoms. The fraction of sp³-hybridized carbons (Fsp3) is 0.250. The Morgan fingerprint density at radius 1 is 1.27 bits per heavy atom. The van der Waals surface area contributed by atoms with Gasteiger partial charge >= 0.3 is 6.61 Å². The van der Waals surface area contributed by atoms with Crippen LogP contribution in [0, 0.1) is 0 Å². The molecule has 0 aliphatic carbocycles. The number of alkyl halides is 3. The van der Waals surface area contributed by atoms with Crippen LogP contribution in [0.5, 0.6) is 11.5 Å². The SMILES string of the molecule is FCOc1cc(Cl)c(Cl)c(OC(F)F)c1. The zero-order chi connectivity index (χ0) is 11.4. The Bertz CT molecular complexity index is 347. The van der Waals surface area contributed by atoms with Gasteiger partial charge in [-0.05, 0) is 0 Å². The lowest BCUT2D eigenvalue weighted by molar-refractivity contribution is -0.0498. The smallest absolute Gasteiger partial charge is 0.387 e. The maximum absolute atomic E-state index is 11.9. The van der Waals surface area contributed by atoms with Crippen molar-refractivity contribution in [1.82, 2.24) is 0 Å². The van der Waals surface area contributed by atoms with E-state index in [1.165, 1.54) is 6.07 Å². The predicted molar refractivity (Wildman–Crippen MR) is 49.7 cm³/mol. The second-order valence-electron chi connectivity index (χ2n) is 2.35. The highest BCUT2D eigenvalue weighted by atomic mass is 35.5. The summed E-state index contributed by atoms with van der Waals surface area (Å²) in [7, 11) is 0. The molecule has 0 radical (unpaired) electrons. The molecular formula is C8H5Cl2F3O2. The quantitative estimate of drug-likeness (QED) is 0.818. The molecule has 15 heavy (non-hydrogen) atoms. The molecule has 1 aromatic rings. The maximum Gasteiger partial charge on any atom is 0.387 e. The van der Waals surface area contributed by atoms with E-state index in [-0.39, 0.29) is 21.5 Å². The number of hydrogen-bond donors (Lipinski definition) is 0. The molecular weight excluding hydrogens is 256 g/mol. The summed E-state index contributed by atoms with van der Waals surface area (Å²) in [5.74, 6) is -0.398. The molecule has 1 aromatic carbocycles. The third-order valence-electron chi connectivity index (χ3n) is 1.41. The van der Waals surface area contributed by atoms with Gasteiger partial charge in [-0.3, -0.25) is 0 Å². The molecule has 2 nitrogen and oxygen atoms in total. The molecule has 0 saturated heterocycles. The number of ether oxygens (including phenoxy) is 2. The molecule has 0 fully saturated rings. The van der Waals surface area contributed by atoms with Crippen LogP contribution >= 0.6 is 23.2 Å². The summed E-state index contributed by atoms with van der Waals surface area (Å²) in [6.45, 7) is -4.15. The van der Waals surface area contributed by atoms with Crippen LogP contribution in [0.25, 0.3) is 0 Å². The van der Waals surface area contributed by atoms with Gasteiger partial charge in [0.25, 0.3) is 0 Å². The monoisotopic (exact) mass is 260 g/mol. The van der Waals surface area contributed by atoms with Crippen LogP contribution in [0.3, 0.4) is 0 Å². The Labute approximate surface area is 93.5 Å². The van der Waals surface area contributed by atoms with Crippen LogP contribution in [0.1, 0.15) is 0 Å². The predicted octanol–water partition coefficient (Wildman–Crippen LogP) is 3.90. The van der Waals surface area contributed by atoms with Gasteiger partial charge in [0.05, 0.1) is 5.02 Å². The van der Waals surface area contributed by atoms with E-state index in [1.807, 2.05) is 0 Å². The van der Waals surface area contributed by atoms with Crippen LogP contribution in [-0.2, 0) is 0 Å². The Kier molecular flexibility index (Phi) is 4.35. The van der Waals surface area contributed by atoms with Gasteiger partial charge in [-0.2, -0.15) is 8.78 Å². The molecule has 0 aliphatic heterocycles. The average molecular weight is 261 g/mol. The lowest BCUT2D eigenvalue weighted by atomic mass is 10.3. The Morgan fingerprint density at radius 2 is 1.93 bits per heavy atom. The van der Waals surface area contributed by atoms with Gasteiger partial charge in [-0.1, -0.05) is 23.2 Å². The van der Waals surface area contributed by atoms with E-state index in [9.17, 15) is 13.2 Å². The van der Waals surface area contributed by atoms with Gasteiger partial charge < -0.3 is 9.47 Å². The molecule has 0 saturated carbocycles. The van der Waals surface area contributed by atoms with Crippen molar-refractivity contribution in [2.45, 2.75) is 6.61 Å². The number of benzene rings is 1. The summed E-state index contributed by atoms with van der Waals surface area (Å²) >= 11 is 11.1. The molecule has 7 heteroatoms. The van der Waals surface area contributed by atoms with Gasteiger partial charge in [0.2, 0.25) is 6.86 Å². The molecule has 0 heterocycles. The first-order valence-electron chi connectivity index (χ1n) is 3.67. The first kappa shape index (κ1) is 12.3. The number of hydrogen-bond acceptors (Lipinski definition) is 2. The van der Waals surface area contributed by atoms with Gasteiger partial charge in [-0.25, -0.2) is 4.39 Å². The van der Waals surface area contributed by atoms with E-state index in [1.54, 1.807) is 0 Å². The summed E-state index contributed by atoms with van der Waals surface area (Å²) in [5, 5.41) is -0.235. The minimum atomic E-state index is -3.04. The molecule has 0 spiro atoms. The maximum atomic E-state index is 11.9. The third-order valence-corrected chi connectivity index (χ3v) is 2.19. The molecule has 0 unspecified atom stereocenters. The Hall–Kier alpha value is -0.810. The van der Waals surface area contributed by atoms with Crippen LogP contribution in [-0.4, -0.2) is 13.5 Å². The third kappa shape index (κ3) is 3.35. The highest BCUT2D eigenvalue weighted by Crippen LogP contribution is 2.37. The van der Waals surface area contributed by atoms with E-state index < -0.39 is 13.5 Å². The Balaban J connectivity index is 3.01. The summed E-state index contributed by atoms with van der Waals surface area (Å²) in [4.78, 5) is 0. The van der Waals surface area contributed by atoms with Crippen LogP contribution in [0.2, 0.25) is 10.0 Å². The van der Waals surface area contributed by atoms with Crippen molar-refractivity contribution in [3.63, 3.8) is 0 Å². The molecule has 0 aromatic heterocycles. The van der Waals surface area contributed by atoms with E-state index in [0.29, 0.717) is 0 Å². The van der Waals surface area contributed by atoms with Crippen molar-refractivity contribution in [2.24, 2.45) is 0 Å². The van der Waals surface area contributed by atoms with E-state index >= 15 is 0 Å². The van der Waals surface area contributed by atoms with Gasteiger partial charge in [0.15, 0.2) is 0 Å². The van der Waals surface area contributed by atoms with E-state index in [4.69, 9.17) is 23.2 Å². The summed E-state index contributed by atoms with van der Waals surface area (Å²) < 4.78 is 44.1. The van der Waals surface area contributed by atoms with Crippen LogP contribution in [0.15, 0.2) is 12.1 Å². The Morgan fingerprint density at radius 3 is 2.47 bits per heavy atom. The molecule has 0 amide bonds. The molecule has 84 valence electrons. The van der Waals surface area contributed by atoms with Crippen molar-refractivity contribution in [3.8, 4) is 11.5 Å². The summed E-state index contributed by atoms with van der Waals surface area (Å²) in [5.41, 5.74) is 0. The molecule has 0 N–H and O–H groups in total. The van der Waals surface area contributed by atoms with Crippen molar-refractivity contribution >= 4 is 23.2 Å². The first-order valence-corrected chi connectivity index (χ1v) is 4.42. The van der Waals surface area contributed by atoms with Crippen molar-refractivity contribution in [1.29, 1.82) is 0 Å². The lowest BCUT2D eigenvalue weighted by Crippen LogP contribution is -2.03. The number of rotatable bonds is 4. The first-order chi connectivity index (χ1) is 7.04.